The van der Waals surface area contributed by atoms with Crippen LogP contribution in [0, 0.1) is 0 Å². The number of nitrogens with zero attached hydrogens (tertiary/aromatic N) is 2. The first-order chi connectivity index (χ1) is 9.20. The van der Waals surface area contributed by atoms with E-state index in [1.807, 2.05) is 0 Å². The van der Waals surface area contributed by atoms with Gasteiger partial charge in [-0.1, -0.05) is 0 Å². The molecule has 22 heavy (non-hydrogen) atoms. The summed E-state index contributed by atoms with van der Waals surface area (Å²) in [5, 5.41) is 34.5. The molecule has 0 aliphatic heterocycles. The Kier molecular flexibility index (Phi) is 16.6. The van der Waals surface area contributed by atoms with E-state index in [0.717, 1.165) is 9.80 Å². The van der Waals surface area contributed by atoms with Crippen LogP contribution < -0.4 is 0 Å². The summed E-state index contributed by atoms with van der Waals surface area (Å²) in [6.07, 6.45) is 0. The number of carboxylic acid groups (broad SMARTS) is 4. The van der Waals surface area contributed by atoms with Crippen LogP contribution in [0.2, 0.25) is 0 Å². The van der Waals surface area contributed by atoms with Gasteiger partial charge in [-0.15, -0.1) is 0 Å². The van der Waals surface area contributed by atoms with E-state index in [0.29, 0.717) is 0 Å². The van der Waals surface area contributed by atoms with Crippen molar-refractivity contribution in [3.05, 3.63) is 0 Å². The summed E-state index contributed by atoms with van der Waals surface area (Å²) >= 11 is 0. The van der Waals surface area contributed by atoms with Crippen molar-refractivity contribution in [1.29, 1.82) is 0 Å². The fraction of sp³-hybridized carbons (Fsp3) is 0.600. The Hall–Kier alpha value is -0.681. The van der Waals surface area contributed by atoms with E-state index >= 15 is 0 Å². The summed E-state index contributed by atoms with van der Waals surface area (Å²) in [6.45, 7) is -2.25. The molecule has 124 valence electrons. The molecule has 0 saturated carbocycles. The molecule has 0 spiro atoms. The average molecular weight is 372 g/mol. The Bertz CT molecular complexity index is 327. The van der Waals surface area contributed by atoms with Gasteiger partial charge >= 0.3 is 53.4 Å². The molecular formula is C10H17FeN2NaO8. The molecule has 0 saturated heterocycles. The summed E-state index contributed by atoms with van der Waals surface area (Å²) in [5.74, 6) is -4.91. The second-order valence-electron chi connectivity index (χ2n) is 4.00. The second-order valence-corrected chi connectivity index (χ2v) is 4.00. The molecule has 0 aromatic carbocycles. The van der Waals surface area contributed by atoms with Crippen LogP contribution in [0.4, 0.5) is 0 Å². The number of hydrogen-bond donors (Lipinski definition) is 4. The molecule has 0 aliphatic rings. The summed E-state index contributed by atoms with van der Waals surface area (Å²) in [5.41, 5.74) is 0. The Morgan fingerprint density at radius 2 is 0.773 bits per heavy atom. The van der Waals surface area contributed by atoms with Crippen LogP contribution >= 0.6 is 0 Å². The fourth-order valence-electron chi connectivity index (χ4n) is 1.48. The number of carboxylic acids is 4. The molecule has 0 atom stereocenters. The van der Waals surface area contributed by atoms with Crippen LogP contribution in [0.5, 0.6) is 0 Å². The van der Waals surface area contributed by atoms with Crippen LogP contribution in [-0.2, 0) is 36.2 Å². The topological polar surface area (TPSA) is 156 Å². The zero-order chi connectivity index (χ0) is 15.7. The Labute approximate surface area is 158 Å². The molecule has 0 rings (SSSR count). The number of carbonyl (C=O) groups is 4. The summed E-state index contributed by atoms with van der Waals surface area (Å²) in [6, 6.07) is 0. The minimum atomic E-state index is -1.23. The summed E-state index contributed by atoms with van der Waals surface area (Å²) < 4.78 is 0. The predicted molar refractivity (Wildman–Crippen MR) is 70.6 cm³/mol. The monoisotopic (exact) mass is 372 g/mol. The van der Waals surface area contributed by atoms with E-state index in [2.05, 4.69) is 0 Å². The van der Waals surface area contributed by atoms with Crippen molar-refractivity contribution >= 4 is 53.4 Å². The van der Waals surface area contributed by atoms with Gasteiger partial charge in [0.25, 0.3) is 0 Å². The van der Waals surface area contributed by atoms with E-state index in [1.54, 1.807) is 0 Å². The van der Waals surface area contributed by atoms with E-state index in [1.165, 1.54) is 0 Å². The molecule has 0 heterocycles. The van der Waals surface area contributed by atoms with E-state index in [9.17, 15) is 19.2 Å². The Morgan fingerprint density at radius 1 is 0.591 bits per heavy atom. The number of aliphatic carboxylic acids is 4. The van der Waals surface area contributed by atoms with Crippen molar-refractivity contribution in [2.75, 3.05) is 39.3 Å². The molecule has 0 unspecified atom stereocenters. The van der Waals surface area contributed by atoms with Crippen molar-refractivity contribution in [3.63, 3.8) is 0 Å². The third-order valence-corrected chi connectivity index (χ3v) is 2.17. The zero-order valence-corrected chi connectivity index (χ0v) is 12.0. The first-order valence-corrected chi connectivity index (χ1v) is 5.52. The minimum absolute atomic E-state index is 0. The Morgan fingerprint density at radius 3 is 0.909 bits per heavy atom. The van der Waals surface area contributed by atoms with Gasteiger partial charge in [-0.2, -0.15) is 0 Å². The average Bonchev–Trinajstić information content (AvgIpc) is 2.22. The van der Waals surface area contributed by atoms with Crippen LogP contribution in [0.15, 0.2) is 0 Å². The van der Waals surface area contributed by atoms with Gasteiger partial charge in [0.2, 0.25) is 0 Å². The third kappa shape index (κ3) is 15.7. The number of hydrogen-bond acceptors (Lipinski definition) is 6. The summed E-state index contributed by atoms with van der Waals surface area (Å²) in [4.78, 5) is 44.4. The number of rotatable bonds is 11. The van der Waals surface area contributed by atoms with Crippen molar-refractivity contribution in [2.24, 2.45) is 0 Å². The molecule has 0 aromatic heterocycles. The van der Waals surface area contributed by atoms with Gasteiger partial charge in [-0.05, 0) is 0 Å². The standard InChI is InChI=1S/C10H16N2O8.Fe.Na.H/c13-7(14)3-11(4-8(15)16)1-2-12(5-9(17)18)6-10(19)20;;;/h1-6H2,(H,13,14)(H,15,16)(H,17,18)(H,19,20);;;. The summed E-state index contributed by atoms with van der Waals surface area (Å²) in [7, 11) is 0. The molecule has 0 radical (unpaired) electrons. The fourth-order valence-corrected chi connectivity index (χ4v) is 1.48. The van der Waals surface area contributed by atoms with Gasteiger partial charge in [0, 0.05) is 30.2 Å². The molecule has 0 bridgehead atoms. The van der Waals surface area contributed by atoms with Gasteiger partial charge < -0.3 is 20.4 Å². The molecule has 0 aromatic rings. The van der Waals surface area contributed by atoms with E-state index in [-0.39, 0.29) is 59.7 Å². The van der Waals surface area contributed by atoms with Crippen LogP contribution in [0.1, 0.15) is 0 Å². The molecule has 12 heteroatoms. The molecule has 10 nitrogen and oxygen atoms in total. The maximum absolute atomic E-state index is 10.6. The first kappa shape index (κ1) is 26.2. The van der Waals surface area contributed by atoms with Gasteiger partial charge in [-0.25, -0.2) is 0 Å². The Balaban J connectivity index is -0.00000180. The van der Waals surface area contributed by atoms with Crippen molar-refractivity contribution in [3.8, 4) is 0 Å². The van der Waals surface area contributed by atoms with Crippen LogP contribution in [-0.4, -0.2) is 123 Å². The SMILES string of the molecule is O=C(O)CN(CCN(CC(=O)O)CC(=O)O)CC(=O)O.[Fe].[NaH]. The normalized spacial score (nSPS) is 9.73. The second kappa shape index (κ2) is 13.9. The molecule has 0 aliphatic carbocycles. The van der Waals surface area contributed by atoms with Crippen molar-refractivity contribution < 1.29 is 56.7 Å². The predicted octanol–water partition coefficient (Wildman–Crippen LogP) is -2.72. The van der Waals surface area contributed by atoms with Gasteiger partial charge in [0.05, 0.1) is 26.2 Å². The molecule has 0 amide bonds. The molecule has 4 N–H and O–H groups in total. The van der Waals surface area contributed by atoms with Gasteiger partial charge in [-0.3, -0.25) is 29.0 Å². The zero-order valence-electron chi connectivity index (χ0n) is 10.9. The van der Waals surface area contributed by atoms with Gasteiger partial charge in [0.1, 0.15) is 0 Å². The maximum atomic E-state index is 10.6. The first-order valence-electron chi connectivity index (χ1n) is 5.52. The van der Waals surface area contributed by atoms with Crippen LogP contribution in [0.25, 0.3) is 0 Å². The molecular weight excluding hydrogens is 355 g/mol. The van der Waals surface area contributed by atoms with E-state index < -0.39 is 50.1 Å². The van der Waals surface area contributed by atoms with Crippen molar-refractivity contribution in [1.82, 2.24) is 9.80 Å². The van der Waals surface area contributed by atoms with E-state index in [4.69, 9.17) is 20.4 Å². The van der Waals surface area contributed by atoms with Crippen LogP contribution in [0.3, 0.4) is 0 Å². The third-order valence-electron chi connectivity index (χ3n) is 2.17. The van der Waals surface area contributed by atoms with Crippen molar-refractivity contribution in [2.45, 2.75) is 0 Å². The van der Waals surface area contributed by atoms with Gasteiger partial charge in [0.15, 0.2) is 0 Å². The molecule has 0 fully saturated rings. The quantitative estimate of drug-likeness (QED) is 0.281.